The van der Waals surface area contributed by atoms with Crippen molar-refractivity contribution in [3.63, 3.8) is 0 Å². The minimum Gasteiger partial charge on any atom is -0.362 e. The van der Waals surface area contributed by atoms with Gasteiger partial charge in [-0.15, -0.1) is 0 Å². The number of rotatable bonds is 10. The van der Waals surface area contributed by atoms with Gasteiger partial charge in [0.15, 0.2) is 11.4 Å². The van der Waals surface area contributed by atoms with Crippen molar-refractivity contribution >= 4 is 5.78 Å². The molecule has 0 aromatic heterocycles. The number of Topliss-reactive ketones (excluding diaryl/α,β-unsaturated/α-hetero) is 1. The molecule has 1 aliphatic carbocycles. The summed E-state index contributed by atoms with van der Waals surface area (Å²) in [6, 6.07) is 0. The van der Waals surface area contributed by atoms with E-state index < -0.39 is 5.60 Å². The fourth-order valence-electron chi connectivity index (χ4n) is 2.33. The van der Waals surface area contributed by atoms with Crippen LogP contribution in [0.5, 0.6) is 0 Å². The predicted molar refractivity (Wildman–Crippen MR) is 75.6 cm³/mol. The summed E-state index contributed by atoms with van der Waals surface area (Å²) in [4.78, 5) is 12.1. The van der Waals surface area contributed by atoms with E-state index in [1.54, 1.807) is 7.11 Å². The van der Waals surface area contributed by atoms with Crippen LogP contribution in [-0.2, 0) is 9.53 Å². The van der Waals surface area contributed by atoms with Gasteiger partial charge in [-0.3, -0.25) is 4.79 Å². The first kappa shape index (κ1) is 15.2. The van der Waals surface area contributed by atoms with Gasteiger partial charge in [0, 0.05) is 13.5 Å². The first-order valence-electron chi connectivity index (χ1n) is 7.20. The molecule has 0 bridgehead atoms. The Balaban J connectivity index is 2.14. The van der Waals surface area contributed by atoms with E-state index in [-0.39, 0.29) is 5.78 Å². The Bertz CT molecular complexity index is 290. The fourth-order valence-corrected chi connectivity index (χ4v) is 2.33. The number of carbonyl (C=O) groups is 1. The predicted octanol–water partition coefficient (Wildman–Crippen LogP) is 4.21. The lowest BCUT2D eigenvalue weighted by atomic mass is 9.95. The molecular formula is C16H26O2. The lowest BCUT2D eigenvalue weighted by molar-refractivity contribution is -0.131. The van der Waals surface area contributed by atoms with Crippen molar-refractivity contribution in [3.8, 4) is 0 Å². The van der Waals surface area contributed by atoms with Crippen molar-refractivity contribution in [2.75, 3.05) is 7.11 Å². The standard InChI is InChI=1S/C16H26O2/c1-3-4-5-6-7-8-9-12-15(17)16(18-2)13-10-11-14-16/h10-11,13-14H,3-9,12H2,1-2H3. The summed E-state index contributed by atoms with van der Waals surface area (Å²) in [6.45, 7) is 2.23. The molecule has 0 unspecified atom stereocenters. The molecule has 0 N–H and O–H groups in total. The Kier molecular flexibility index (Phi) is 6.96. The fraction of sp³-hybridized carbons (Fsp3) is 0.688. The normalized spacial score (nSPS) is 16.3. The smallest absolute Gasteiger partial charge is 0.172 e. The van der Waals surface area contributed by atoms with E-state index in [1.807, 2.05) is 24.3 Å². The van der Waals surface area contributed by atoms with Crippen LogP contribution in [-0.4, -0.2) is 18.5 Å². The van der Waals surface area contributed by atoms with Crippen molar-refractivity contribution in [2.24, 2.45) is 0 Å². The molecule has 102 valence electrons. The second kappa shape index (κ2) is 8.25. The van der Waals surface area contributed by atoms with Gasteiger partial charge in [0.2, 0.25) is 0 Å². The summed E-state index contributed by atoms with van der Waals surface area (Å²) in [6.07, 6.45) is 16.7. The molecule has 1 rings (SSSR count). The molecule has 1 aliphatic rings. The molecule has 0 saturated heterocycles. The summed E-state index contributed by atoms with van der Waals surface area (Å²) in [5, 5.41) is 0. The monoisotopic (exact) mass is 250 g/mol. The van der Waals surface area contributed by atoms with Crippen LogP contribution in [0, 0.1) is 0 Å². The van der Waals surface area contributed by atoms with E-state index in [9.17, 15) is 4.79 Å². The van der Waals surface area contributed by atoms with E-state index in [2.05, 4.69) is 6.92 Å². The maximum absolute atomic E-state index is 12.1. The van der Waals surface area contributed by atoms with Gasteiger partial charge in [0.1, 0.15) is 0 Å². The molecule has 2 heteroatoms. The molecule has 0 saturated carbocycles. The van der Waals surface area contributed by atoms with Crippen LogP contribution in [0.1, 0.15) is 58.3 Å². The molecule has 0 spiro atoms. The first-order valence-corrected chi connectivity index (χ1v) is 7.20. The van der Waals surface area contributed by atoms with Gasteiger partial charge < -0.3 is 4.74 Å². The van der Waals surface area contributed by atoms with E-state index >= 15 is 0 Å². The molecule has 0 aromatic rings. The van der Waals surface area contributed by atoms with Crippen molar-refractivity contribution in [1.82, 2.24) is 0 Å². The molecule has 0 radical (unpaired) electrons. The average molecular weight is 250 g/mol. The molecule has 0 amide bonds. The number of hydrogen-bond acceptors (Lipinski definition) is 2. The number of ether oxygens (including phenoxy) is 1. The third-order valence-corrected chi connectivity index (χ3v) is 3.58. The van der Waals surface area contributed by atoms with E-state index in [1.165, 1.54) is 32.1 Å². The maximum atomic E-state index is 12.1. The summed E-state index contributed by atoms with van der Waals surface area (Å²) < 4.78 is 5.35. The summed E-state index contributed by atoms with van der Waals surface area (Å²) in [5.74, 6) is 0.184. The number of ketones is 1. The van der Waals surface area contributed by atoms with Crippen molar-refractivity contribution in [2.45, 2.75) is 63.9 Å². The molecule has 0 heterocycles. The first-order chi connectivity index (χ1) is 8.75. The van der Waals surface area contributed by atoms with E-state index in [4.69, 9.17) is 4.74 Å². The molecular weight excluding hydrogens is 224 g/mol. The van der Waals surface area contributed by atoms with Crippen LogP contribution < -0.4 is 0 Å². The van der Waals surface area contributed by atoms with Crippen molar-refractivity contribution in [3.05, 3.63) is 24.3 Å². The van der Waals surface area contributed by atoms with Gasteiger partial charge in [-0.25, -0.2) is 0 Å². The summed E-state index contributed by atoms with van der Waals surface area (Å²) in [5.41, 5.74) is -0.762. The topological polar surface area (TPSA) is 26.3 Å². The SMILES string of the molecule is CCCCCCCCCC(=O)C1(OC)C=CC=C1. The van der Waals surface area contributed by atoms with Crippen LogP contribution in [0.25, 0.3) is 0 Å². The number of unbranched alkanes of at least 4 members (excludes halogenated alkanes) is 6. The van der Waals surface area contributed by atoms with Crippen molar-refractivity contribution < 1.29 is 9.53 Å². The van der Waals surface area contributed by atoms with Crippen LogP contribution in [0.2, 0.25) is 0 Å². The molecule has 0 aliphatic heterocycles. The van der Waals surface area contributed by atoms with Gasteiger partial charge in [-0.2, -0.15) is 0 Å². The zero-order valence-electron chi connectivity index (χ0n) is 11.8. The van der Waals surface area contributed by atoms with Gasteiger partial charge in [-0.1, -0.05) is 57.6 Å². The molecule has 0 aromatic carbocycles. The summed E-state index contributed by atoms with van der Waals surface area (Å²) >= 11 is 0. The maximum Gasteiger partial charge on any atom is 0.172 e. The Labute approximate surface area is 111 Å². The number of allylic oxidation sites excluding steroid dienone is 2. The highest BCUT2D eigenvalue weighted by Gasteiger charge is 2.33. The molecule has 18 heavy (non-hydrogen) atoms. The highest BCUT2D eigenvalue weighted by molar-refractivity contribution is 5.92. The van der Waals surface area contributed by atoms with Gasteiger partial charge in [-0.05, 0) is 18.6 Å². The van der Waals surface area contributed by atoms with Crippen LogP contribution in [0.15, 0.2) is 24.3 Å². The third-order valence-electron chi connectivity index (χ3n) is 3.58. The van der Waals surface area contributed by atoms with Crippen molar-refractivity contribution in [1.29, 1.82) is 0 Å². The van der Waals surface area contributed by atoms with E-state index in [0.717, 1.165) is 12.8 Å². The second-order valence-corrected chi connectivity index (χ2v) is 5.01. The Morgan fingerprint density at radius 2 is 1.56 bits per heavy atom. The molecule has 0 atom stereocenters. The van der Waals surface area contributed by atoms with Gasteiger partial charge in [0.25, 0.3) is 0 Å². The Morgan fingerprint density at radius 1 is 1.00 bits per heavy atom. The zero-order valence-corrected chi connectivity index (χ0v) is 11.8. The summed E-state index contributed by atoms with van der Waals surface area (Å²) in [7, 11) is 1.60. The quantitative estimate of drug-likeness (QED) is 0.543. The average Bonchev–Trinajstić information content (AvgIpc) is 2.87. The van der Waals surface area contributed by atoms with Crippen LogP contribution in [0.3, 0.4) is 0 Å². The van der Waals surface area contributed by atoms with Gasteiger partial charge in [0.05, 0.1) is 0 Å². The number of methoxy groups -OCH3 is 1. The number of hydrogen-bond donors (Lipinski definition) is 0. The van der Waals surface area contributed by atoms with E-state index in [0.29, 0.717) is 6.42 Å². The zero-order chi connectivity index (χ0) is 13.3. The molecule has 2 nitrogen and oxygen atoms in total. The van der Waals surface area contributed by atoms with Crippen LogP contribution in [0.4, 0.5) is 0 Å². The minimum atomic E-state index is -0.762. The minimum absolute atomic E-state index is 0.184. The molecule has 0 fully saturated rings. The lowest BCUT2D eigenvalue weighted by Crippen LogP contribution is -2.35. The highest BCUT2D eigenvalue weighted by Crippen LogP contribution is 2.23. The number of carbonyl (C=O) groups excluding carboxylic acids is 1. The Morgan fingerprint density at radius 3 is 2.11 bits per heavy atom. The highest BCUT2D eigenvalue weighted by atomic mass is 16.5. The third kappa shape index (κ3) is 4.41. The second-order valence-electron chi connectivity index (χ2n) is 5.01. The van der Waals surface area contributed by atoms with Gasteiger partial charge >= 0.3 is 0 Å². The lowest BCUT2D eigenvalue weighted by Gasteiger charge is -2.21. The van der Waals surface area contributed by atoms with Crippen LogP contribution >= 0.6 is 0 Å². The largest absolute Gasteiger partial charge is 0.362 e. The Hall–Kier alpha value is -0.890.